The predicted molar refractivity (Wildman–Crippen MR) is 94.0 cm³/mol. The van der Waals surface area contributed by atoms with Crippen LogP contribution in [0, 0.1) is 12.8 Å². The molecule has 0 saturated heterocycles. The topological polar surface area (TPSA) is 31.2 Å². The molecular formula is C20H20F3NO2. The predicted octanol–water partition coefficient (Wildman–Crippen LogP) is 5.19. The van der Waals surface area contributed by atoms with Gasteiger partial charge in [0, 0.05) is 17.4 Å². The molecule has 6 heteroatoms. The molecule has 26 heavy (non-hydrogen) atoms. The van der Waals surface area contributed by atoms with Gasteiger partial charge in [0.25, 0.3) is 0 Å². The molecule has 1 unspecified atom stereocenters. The highest BCUT2D eigenvalue weighted by Crippen LogP contribution is 2.34. The maximum absolute atomic E-state index is 13.0. The van der Waals surface area contributed by atoms with E-state index in [1.54, 1.807) is 23.6 Å². The van der Waals surface area contributed by atoms with Gasteiger partial charge in [-0.15, -0.1) is 0 Å². The monoisotopic (exact) mass is 363 g/mol. The van der Waals surface area contributed by atoms with Crippen molar-refractivity contribution in [2.24, 2.45) is 5.92 Å². The number of aromatic nitrogens is 1. The Labute approximate surface area is 149 Å². The first-order chi connectivity index (χ1) is 12.3. The number of hydrogen-bond acceptors (Lipinski definition) is 2. The van der Waals surface area contributed by atoms with Gasteiger partial charge in [0.1, 0.15) is 5.69 Å². The molecule has 138 valence electrons. The normalized spacial score (nSPS) is 17.4. The molecule has 2 aromatic rings. The molecule has 3 nitrogen and oxygen atoms in total. The van der Waals surface area contributed by atoms with Gasteiger partial charge >= 0.3 is 12.1 Å². The van der Waals surface area contributed by atoms with Gasteiger partial charge in [-0.25, -0.2) is 4.79 Å². The van der Waals surface area contributed by atoms with Crippen LogP contribution in [0.15, 0.2) is 48.1 Å². The lowest BCUT2D eigenvalue weighted by Crippen LogP contribution is -2.23. The minimum absolute atomic E-state index is 0.0523. The molecule has 0 amide bonds. The minimum Gasteiger partial charge on any atom is -0.461 e. The van der Waals surface area contributed by atoms with Crippen molar-refractivity contribution in [3.05, 3.63) is 59.3 Å². The van der Waals surface area contributed by atoms with E-state index < -0.39 is 18.1 Å². The zero-order valence-electron chi connectivity index (χ0n) is 14.6. The zero-order valence-corrected chi connectivity index (χ0v) is 14.6. The molecule has 0 saturated carbocycles. The Hall–Kier alpha value is -2.50. The number of benzene rings is 1. The second-order valence-corrected chi connectivity index (χ2v) is 6.43. The minimum atomic E-state index is -4.27. The smallest absolute Gasteiger partial charge is 0.395 e. The summed E-state index contributed by atoms with van der Waals surface area (Å²) >= 11 is 0. The molecule has 1 aliphatic rings. The second-order valence-electron chi connectivity index (χ2n) is 6.43. The molecule has 0 bridgehead atoms. The summed E-state index contributed by atoms with van der Waals surface area (Å²) in [5.74, 6) is -1.97. The van der Waals surface area contributed by atoms with E-state index in [4.69, 9.17) is 4.74 Å². The van der Waals surface area contributed by atoms with E-state index in [1.165, 1.54) is 12.2 Å². The maximum Gasteiger partial charge on any atom is 0.395 e. The summed E-state index contributed by atoms with van der Waals surface area (Å²) in [6, 6.07) is 7.47. The summed E-state index contributed by atoms with van der Waals surface area (Å²) in [5, 5.41) is 0.853. The Morgan fingerprint density at radius 2 is 2.08 bits per heavy atom. The third-order valence-corrected chi connectivity index (χ3v) is 4.44. The second kappa shape index (κ2) is 7.02. The fourth-order valence-corrected chi connectivity index (χ4v) is 3.17. The molecule has 0 N–H and O–H groups in total. The van der Waals surface area contributed by atoms with E-state index in [0.717, 1.165) is 16.5 Å². The number of halogens is 3. The molecule has 1 aromatic heterocycles. The molecule has 3 rings (SSSR count). The number of carbonyl (C=O) groups is 1. The van der Waals surface area contributed by atoms with Gasteiger partial charge in [-0.3, -0.25) is 0 Å². The first-order valence-electron chi connectivity index (χ1n) is 8.50. The fourth-order valence-electron chi connectivity index (χ4n) is 3.17. The molecule has 1 aliphatic carbocycles. The van der Waals surface area contributed by atoms with Crippen molar-refractivity contribution in [3.63, 3.8) is 0 Å². The summed E-state index contributed by atoms with van der Waals surface area (Å²) < 4.78 is 46.0. The van der Waals surface area contributed by atoms with Crippen molar-refractivity contribution in [3.8, 4) is 0 Å². The number of carbonyl (C=O) groups excluding carboxylic acids is 1. The molecule has 0 radical (unpaired) electrons. The highest BCUT2D eigenvalue weighted by molar-refractivity contribution is 5.96. The standard InChI is InChI=1S/C20H20F3NO2/c1-3-26-19(25)18-11-15-8-7-13(2)9-17(15)24(18)12-14-5-4-6-16(10-14)20(21,22)23/h4-5,7-11,16H,3,6,12H2,1-2H3. The molecule has 1 heterocycles. The van der Waals surface area contributed by atoms with Crippen molar-refractivity contribution in [2.45, 2.75) is 33.0 Å². The van der Waals surface area contributed by atoms with Crippen LogP contribution in [0.3, 0.4) is 0 Å². The van der Waals surface area contributed by atoms with Crippen molar-refractivity contribution < 1.29 is 22.7 Å². The Balaban J connectivity index is 2.04. The molecule has 1 aromatic carbocycles. The molecule has 0 fully saturated rings. The Kier molecular flexibility index (Phi) is 4.94. The molecular weight excluding hydrogens is 343 g/mol. The number of alkyl halides is 3. The highest BCUT2D eigenvalue weighted by atomic mass is 19.4. The van der Waals surface area contributed by atoms with Crippen LogP contribution < -0.4 is 0 Å². The van der Waals surface area contributed by atoms with Crippen LogP contribution >= 0.6 is 0 Å². The van der Waals surface area contributed by atoms with Crippen LogP contribution in [-0.4, -0.2) is 23.3 Å². The van der Waals surface area contributed by atoms with E-state index in [2.05, 4.69) is 0 Å². The van der Waals surface area contributed by atoms with E-state index in [1.807, 2.05) is 25.1 Å². The van der Waals surface area contributed by atoms with E-state index in [9.17, 15) is 18.0 Å². The van der Waals surface area contributed by atoms with Crippen molar-refractivity contribution >= 4 is 16.9 Å². The fraction of sp³-hybridized carbons (Fsp3) is 0.350. The summed E-state index contributed by atoms with van der Waals surface area (Å²) in [5.41, 5.74) is 2.68. The molecule has 0 spiro atoms. The van der Waals surface area contributed by atoms with E-state index in [-0.39, 0.29) is 19.6 Å². The van der Waals surface area contributed by atoms with Crippen molar-refractivity contribution in [1.29, 1.82) is 0 Å². The van der Waals surface area contributed by atoms with Gasteiger partial charge in [0.15, 0.2) is 0 Å². The number of esters is 1. The Bertz CT molecular complexity index is 890. The third kappa shape index (κ3) is 3.69. The lowest BCUT2D eigenvalue weighted by molar-refractivity contribution is -0.160. The highest BCUT2D eigenvalue weighted by Gasteiger charge is 2.38. The van der Waals surface area contributed by atoms with Crippen LogP contribution in [0.2, 0.25) is 0 Å². The number of rotatable bonds is 4. The number of allylic oxidation sites excluding steroid dienone is 4. The maximum atomic E-state index is 13.0. The molecule has 0 aliphatic heterocycles. The summed E-state index contributed by atoms with van der Waals surface area (Å²) in [7, 11) is 0. The first-order valence-corrected chi connectivity index (χ1v) is 8.50. The van der Waals surface area contributed by atoms with Crippen LogP contribution in [0.1, 0.15) is 29.4 Å². The SMILES string of the molecule is CCOC(=O)c1cc2ccc(C)cc2n1CC1=CC(C(F)(F)F)CC=C1. The van der Waals surface area contributed by atoms with Crippen LogP contribution in [0.5, 0.6) is 0 Å². The van der Waals surface area contributed by atoms with Crippen LogP contribution in [-0.2, 0) is 11.3 Å². The number of nitrogens with zero attached hydrogens (tertiary/aromatic N) is 1. The summed E-state index contributed by atoms with van der Waals surface area (Å²) in [4.78, 5) is 12.3. The van der Waals surface area contributed by atoms with Crippen LogP contribution in [0.25, 0.3) is 10.9 Å². The summed E-state index contributed by atoms with van der Waals surface area (Å²) in [6.07, 6.45) is 0.155. The molecule has 1 atom stereocenters. The van der Waals surface area contributed by atoms with Gasteiger partial charge in [0.2, 0.25) is 0 Å². The Morgan fingerprint density at radius 1 is 1.31 bits per heavy atom. The number of ether oxygens (including phenoxy) is 1. The largest absolute Gasteiger partial charge is 0.461 e. The lowest BCUT2D eigenvalue weighted by atomic mass is 9.95. The average Bonchev–Trinajstić information content (AvgIpc) is 2.93. The van der Waals surface area contributed by atoms with E-state index >= 15 is 0 Å². The van der Waals surface area contributed by atoms with Gasteiger partial charge < -0.3 is 9.30 Å². The zero-order chi connectivity index (χ0) is 18.9. The lowest BCUT2D eigenvalue weighted by Gasteiger charge is -2.20. The number of hydrogen-bond donors (Lipinski definition) is 0. The average molecular weight is 363 g/mol. The number of aryl methyl sites for hydroxylation is 1. The van der Waals surface area contributed by atoms with Crippen molar-refractivity contribution in [1.82, 2.24) is 4.57 Å². The summed E-state index contributed by atoms with van der Waals surface area (Å²) in [6.45, 7) is 4.07. The number of fused-ring (bicyclic) bond motifs is 1. The van der Waals surface area contributed by atoms with Gasteiger partial charge in [-0.2, -0.15) is 13.2 Å². The Morgan fingerprint density at radius 3 is 2.77 bits per heavy atom. The first kappa shape index (κ1) is 18.3. The van der Waals surface area contributed by atoms with Gasteiger partial charge in [-0.05, 0) is 43.5 Å². The van der Waals surface area contributed by atoms with Gasteiger partial charge in [0.05, 0.1) is 12.5 Å². The van der Waals surface area contributed by atoms with Gasteiger partial charge in [-0.1, -0.05) is 30.4 Å². The van der Waals surface area contributed by atoms with E-state index in [0.29, 0.717) is 11.3 Å². The van der Waals surface area contributed by atoms with Crippen molar-refractivity contribution in [2.75, 3.05) is 6.61 Å². The van der Waals surface area contributed by atoms with Crippen LogP contribution in [0.4, 0.5) is 13.2 Å². The quantitative estimate of drug-likeness (QED) is 0.700. The third-order valence-electron chi connectivity index (χ3n) is 4.44.